The van der Waals surface area contributed by atoms with Crippen LogP contribution in [-0.2, 0) is 14.4 Å². The number of fused-ring (bicyclic) bond motifs is 3. The lowest BCUT2D eigenvalue weighted by Crippen LogP contribution is -2.36. The van der Waals surface area contributed by atoms with E-state index in [9.17, 15) is 14.4 Å². The minimum atomic E-state index is -1.12. The standard InChI is InChI=1S/C26H23N3O6/c30-24(29-35-23(25(31)32)15-9-10-15)22-12-11-16(13-27-22)28-26(33)34-14-21-19-7-3-1-5-17(19)18-6-2-4-8-20(18)21/h1-8,11-13,15,21,23H,9-10,14H2,(H,28,33)(H,29,30)(H,31,32). The van der Waals surface area contributed by atoms with E-state index in [1.807, 2.05) is 36.4 Å². The predicted octanol–water partition coefficient (Wildman–Crippen LogP) is 3.97. The van der Waals surface area contributed by atoms with Gasteiger partial charge in [0.05, 0.1) is 11.9 Å². The molecule has 9 nitrogen and oxygen atoms in total. The second-order valence-electron chi connectivity index (χ2n) is 8.53. The second-order valence-corrected chi connectivity index (χ2v) is 8.53. The Labute approximate surface area is 201 Å². The highest BCUT2D eigenvalue weighted by molar-refractivity contribution is 5.92. The number of hydrogen-bond acceptors (Lipinski definition) is 6. The molecule has 3 aromatic rings. The van der Waals surface area contributed by atoms with Crippen LogP contribution in [0, 0.1) is 5.92 Å². The maximum absolute atomic E-state index is 12.4. The highest BCUT2D eigenvalue weighted by Gasteiger charge is 2.38. The zero-order valence-corrected chi connectivity index (χ0v) is 18.6. The van der Waals surface area contributed by atoms with Crippen LogP contribution < -0.4 is 10.8 Å². The summed E-state index contributed by atoms with van der Waals surface area (Å²) in [6.45, 7) is 0.177. The van der Waals surface area contributed by atoms with E-state index in [0.29, 0.717) is 5.69 Å². The van der Waals surface area contributed by atoms with Crippen molar-refractivity contribution in [2.24, 2.45) is 5.92 Å². The summed E-state index contributed by atoms with van der Waals surface area (Å²) in [5, 5.41) is 11.8. The van der Waals surface area contributed by atoms with Gasteiger partial charge in [0, 0.05) is 5.92 Å². The third-order valence-corrected chi connectivity index (χ3v) is 6.16. The van der Waals surface area contributed by atoms with Crippen LogP contribution in [0.5, 0.6) is 0 Å². The fourth-order valence-electron chi connectivity index (χ4n) is 4.27. The molecule has 3 N–H and O–H groups in total. The number of carboxylic acids is 1. The molecule has 0 radical (unpaired) electrons. The molecule has 178 valence electrons. The van der Waals surface area contributed by atoms with Crippen LogP contribution in [0.2, 0.25) is 0 Å². The summed E-state index contributed by atoms with van der Waals surface area (Å²) in [6.07, 6.45) is 1.10. The van der Waals surface area contributed by atoms with Gasteiger partial charge in [-0.15, -0.1) is 0 Å². The van der Waals surface area contributed by atoms with E-state index >= 15 is 0 Å². The molecule has 0 bridgehead atoms. The quantitative estimate of drug-likeness (QED) is 0.423. The number of nitrogens with zero attached hydrogens (tertiary/aromatic N) is 1. The van der Waals surface area contributed by atoms with E-state index in [2.05, 4.69) is 27.9 Å². The second kappa shape index (κ2) is 9.55. The summed E-state index contributed by atoms with van der Waals surface area (Å²) in [4.78, 5) is 44.8. The average molecular weight is 473 g/mol. The van der Waals surface area contributed by atoms with Crippen molar-refractivity contribution in [2.75, 3.05) is 11.9 Å². The Morgan fingerprint density at radius 1 is 0.971 bits per heavy atom. The molecule has 1 heterocycles. The van der Waals surface area contributed by atoms with Crippen LogP contribution >= 0.6 is 0 Å². The van der Waals surface area contributed by atoms with Crippen LogP contribution in [0.3, 0.4) is 0 Å². The Morgan fingerprint density at radius 3 is 2.20 bits per heavy atom. The zero-order valence-electron chi connectivity index (χ0n) is 18.6. The van der Waals surface area contributed by atoms with Crippen molar-refractivity contribution >= 4 is 23.7 Å². The van der Waals surface area contributed by atoms with Crippen LogP contribution in [0.4, 0.5) is 10.5 Å². The molecule has 0 saturated heterocycles. The highest BCUT2D eigenvalue weighted by atomic mass is 16.7. The summed E-state index contributed by atoms with van der Waals surface area (Å²) >= 11 is 0. The number of aromatic nitrogens is 1. The molecule has 2 aliphatic carbocycles. The van der Waals surface area contributed by atoms with Crippen molar-refractivity contribution in [2.45, 2.75) is 24.9 Å². The number of pyridine rings is 1. The van der Waals surface area contributed by atoms with Crippen LogP contribution in [0.25, 0.3) is 11.1 Å². The minimum absolute atomic E-state index is 0.0167. The molecular weight excluding hydrogens is 450 g/mol. The monoisotopic (exact) mass is 473 g/mol. The molecule has 1 aromatic heterocycles. The van der Waals surface area contributed by atoms with Crippen molar-refractivity contribution in [3.05, 3.63) is 83.7 Å². The Kier molecular flexibility index (Phi) is 6.15. The molecule has 2 aliphatic rings. The van der Waals surface area contributed by atoms with Crippen molar-refractivity contribution in [1.82, 2.24) is 10.5 Å². The molecular formula is C26H23N3O6. The van der Waals surface area contributed by atoms with E-state index in [0.717, 1.165) is 35.1 Å². The number of carbonyl (C=O) groups excluding carboxylic acids is 2. The molecule has 0 spiro atoms. The summed E-state index contributed by atoms with van der Waals surface area (Å²) < 4.78 is 5.50. The number of benzene rings is 2. The van der Waals surface area contributed by atoms with Gasteiger partial charge in [-0.05, 0) is 53.1 Å². The van der Waals surface area contributed by atoms with Gasteiger partial charge in [-0.2, -0.15) is 0 Å². The van der Waals surface area contributed by atoms with Crippen LogP contribution in [-0.4, -0.2) is 40.8 Å². The third-order valence-electron chi connectivity index (χ3n) is 6.16. The van der Waals surface area contributed by atoms with E-state index in [-0.39, 0.29) is 24.1 Å². The molecule has 5 rings (SSSR count). The zero-order chi connectivity index (χ0) is 24.4. The lowest BCUT2D eigenvalue weighted by molar-refractivity contribution is -0.155. The fourth-order valence-corrected chi connectivity index (χ4v) is 4.27. The van der Waals surface area contributed by atoms with Gasteiger partial charge in [0.1, 0.15) is 12.3 Å². The normalized spacial score (nSPS) is 15.0. The maximum atomic E-state index is 12.4. The van der Waals surface area contributed by atoms with Crippen molar-refractivity contribution < 1.29 is 29.1 Å². The third kappa shape index (κ3) is 4.85. The van der Waals surface area contributed by atoms with Gasteiger partial charge in [0.15, 0.2) is 6.10 Å². The molecule has 0 aliphatic heterocycles. The Hall–Kier alpha value is -4.24. The smallest absolute Gasteiger partial charge is 0.411 e. The summed E-state index contributed by atoms with van der Waals surface area (Å²) in [5.74, 6) is -1.94. The van der Waals surface area contributed by atoms with E-state index in [1.165, 1.54) is 18.3 Å². The Bertz CT molecular complexity index is 1230. The Morgan fingerprint density at radius 2 is 1.63 bits per heavy atom. The number of ether oxygens (including phenoxy) is 1. The van der Waals surface area contributed by atoms with Crippen LogP contribution in [0.1, 0.15) is 40.4 Å². The number of hydroxylamine groups is 1. The molecule has 1 atom stereocenters. The number of carbonyl (C=O) groups is 3. The first-order valence-corrected chi connectivity index (χ1v) is 11.3. The highest BCUT2D eigenvalue weighted by Crippen LogP contribution is 2.44. The van der Waals surface area contributed by atoms with Gasteiger partial charge in [0.25, 0.3) is 5.91 Å². The van der Waals surface area contributed by atoms with Gasteiger partial charge in [-0.25, -0.2) is 20.1 Å². The van der Waals surface area contributed by atoms with E-state index < -0.39 is 24.1 Å². The first kappa shape index (κ1) is 22.5. The SMILES string of the molecule is O=C(Nc1ccc(C(=O)NOC(C(=O)O)C2CC2)nc1)OCC1c2ccccc2-c2ccccc21. The van der Waals surface area contributed by atoms with Crippen molar-refractivity contribution in [3.63, 3.8) is 0 Å². The molecule has 1 unspecified atom stereocenters. The van der Waals surface area contributed by atoms with Gasteiger partial charge in [-0.1, -0.05) is 48.5 Å². The summed E-state index contributed by atoms with van der Waals surface area (Å²) in [6, 6.07) is 19.0. The average Bonchev–Trinajstić information content (AvgIpc) is 3.65. The number of nitrogens with one attached hydrogen (secondary N) is 2. The fraction of sp³-hybridized carbons (Fsp3) is 0.231. The number of carboxylic acid groups (broad SMARTS) is 1. The Balaban J connectivity index is 1.15. The van der Waals surface area contributed by atoms with Crippen molar-refractivity contribution in [1.29, 1.82) is 0 Å². The van der Waals surface area contributed by atoms with Crippen molar-refractivity contribution in [3.8, 4) is 11.1 Å². The first-order chi connectivity index (χ1) is 17.0. The molecule has 35 heavy (non-hydrogen) atoms. The number of hydrogen-bond donors (Lipinski definition) is 3. The van der Waals surface area contributed by atoms with E-state index in [1.54, 1.807) is 0 Å². The number of rotatable bonds is 8. The lowest BCUT2D eigenvalue weighted by atomic mass is 9.98. The van der Waals surface area contributed by atoms with Crippen LogP contribution in [0.15, 0.2) is 66.9 Å². The minimum Gasteiger partial charge on any atom is -0.479 e. The number of anilines is 1. The predicted molar refractivity (Wildman–Crippen MR) is 126 cm³/mol. The van der Waals surface area contributed by atoms with E-state index in [4.69, 9.17) is 14.7 Å². The summed E-state index contributed by atoms with van der Waals surface area (Å²) in [5.41, 5.74) is 7.03. The van der Waals surface area contributed by atoms with Gasteiger partial charge in [-0.3, -0.25) is 14.9 Å². The summed E-state index contributed by atoms with van der Waals surface area (Å²) in [7, 11) is 0. The van der Waals surface area contributed by atoms with Gasteiger partial charge < -0.3 is 9.84 Å². The molecule has 9 heteroatoms. The largest absolute Gasteiger partial charge is 0.479 e. The first-order valence-electron chi connectivity index (χ1n) is 11.3. The maximum Gasteiger partial charge on any atom is 0.411 e. The number of amides is 2. The molecule has 2 amide bonds. The molecule has 1 fully saturated rings. The topological polar surface area (TPSA) is 127 Å². The number of aliphatic carboxylic acids is 1. The lowest BCUT2D eigenvalue weighted by Gasteiger charge is -2.14. The molecule has 2 aromatic carbocycles. The van der Waals surface area contributed by atoms with Gasteiger partial charge in [0.2, 0.25) is 0 Å². The van der Waals surface area contributed by atoms with Gasteiger partial charge >= 0.3 is 12.1 Å². The molecule has 1 saturated carbocycles.